The van der Waals surface area contributed by atoms with Crippen LogP contribution in [0.2, 0.25) is 0 Å². The van der Waals surface area contributed by atoms with Gasteiger partial charge in [-0.05, 0) is 42.2 Å². The zero-order valence-corrected chi connectivity index (χ0v) is 12.1. The molecule has 1 heterocycles. The number of nitrogens with one attached hydrogen (secondary N) is 2. The first-order valence-electron chi connectivity index (χ1n) is 6.36. The molecule has 0 fully saturated rings. The lowest BCUT2D eigenvalue weighted by Gasteiger charge is -2.11. The number of carbonyl (C=O) groups is 1. The fraction of sp³-hybridized carbons (Fsp3) is 0.286. The Bertz CT molecular complexity index is 539. The Morgan fingerprint density at radius 1 is 1.40 bits per heavy atom. The number of benzene rings is 1. The maximum atomic E-state index is 11.9. The molecule has 20 heavy (non-hydrogen) atoms. The van der Waals surface area contributed by atoms with Crippen molar-refractivity contribution < 1.29 is 4.79 Å². The van der Waals surface area contributed by atoms with Gasteiger partial charge in [-0.25, -0.2) is 0 Å². The van der Waals surface area contributed by atoms with Crippen LogP contribution in [0.1, 0.15) is 6.42 Å². The average molecular weight is 290 g/mol. The van der Waals surface area contributed by atoms with Crippen molar-refractivity contribution in [2.24, 2.45) is 5.73 Å². The highest BCUT2D eigenvalue weighted by Crippen LogP contribution is 2.19. The molecule has 1 amide bonds. The first-order chi connectivity index (χ1) is 9.70. The van der Waals surface area contributed by atoms with Gasteiger partial charge in [0.05, 0.1) is 11.7 Å². The monoisotopic (exact) mass is 290 g/mol. The van der Waals surface area contributed by atoms with Gasteiger partial charge in [0, 0.05) is 11.9 Å². The normalized spacial score (nSPS) is 12.1. The predicted octanol–water partition coefficient (Wildman–Crippen LogP) is 2.10. The summed E-state index contributed by atoms with van der Waals surface area (Å²) < 4.78 is 0. The van der Waals surface area contributed by atoms with Crippen LogP contribution in [0.25, 0.3) is 11.3 Å². The lowest BCUT2D eigenvalue weighted by Crippen LogP contribution is -2.36. The summed E-state index contributed by atoms with van der Waals surface area (Å²) in [5, 5.41) is 9.63. The first-order valence-corrected chi connectivity index (χ1v) is 7.75. The lowest BCUT2D eigenvalue weighted by molar-refractivity contribution is -0.117. The zero-order valence-electron chi connectivity index (χ0n) is 11.3. The van der Waals surface area contributed by atoms with Crippen molar-refractivity contribution in [2.75, 3.05) is 17.3 Å². The van der Waals surface area contributed by atoms with Gasteiger partial charge in [-0.2, -0.15) is 16.9 Å². The summed E-state index contributed by atoms with van der Waals surface area (Å²) in [5.74, 6) is 0.737. The van der Waals surface area contributed by atoms with E-state index < -0.39 is 6.04 Å². The van der Waals surface area contributed by atoms with Crippen molar-refractivity contribution in [2.45, 2.75) is 12.5 Å². The molecule has 0 bridgehead atoms. The van der Waals surface area contributed by atoms with Crippen molar-refractivity contribution in [1.82, 2.24) is 10.2 Å². The quantitative estimate of drug-likeness (QED) is 0.760. The molecule has 6 heteroatoms. The minimum absolute atomic E-state index is 0.145. The van der Waals surface area contributed by atoms with E-state index in [1.54, 1.807) is 18.0 Å². The number of carbonyl (C=O) groups excluding carboxylic acids is 1. The number of nitrogens with zero attached hydrogens (tertiary/aromatic N) is 1. The summed E-state index contributed by atoms with van der Waals surface area (Å²) in [5.41, 5.74) is 8.53. The van der Waals surface area contributed by atoms with Crippen LogP contribution in [-0.4, -0.2) is 34.2 Å². The number of thioether (sulfide) groups is 1. The number of aromatic nitrogens is 2. The van der Waals surface area contributed by atoms with Gasteiger partial charge in [0.2, 0.25) is 5.91 Å². The van der Waals surface area contributed by atoms with Crippen LogP contribution in [-0.2, 0) is 4.79 Å². The Hall–Kier alpha value is -1.79. The summed E-state index contributed by atoms with van der Waals surface area (Å²) in [7, 11) is 0. The number of hydrogen-bond acceptors (Lipinski definition) is 4. The van der Waals surface area contributed by atoms with Gasteiger partial charge in [-0.3, -0.25) is 9.89 Å². The third-order valence-electron chi connectivity index (χ3n) is 2.93. The summed E-state index contributed by atoms with van der Waals surface area (Å²) >= 11 is 1.68. The molecule has 106 valence electrons. The smallest absolute Gasteiger partial charge is 0.241 e. The Morgan fingerprint density at radius 3 is 2.75 bits per heavy atom. The van der Waals surface area contributed by atoms with Crippen LogP contribution >= 0.6 is 11.8 Å². The van der Waals surface area contributed by atoms with Crippen molar-refractivity contribution in [3.63, 3.8) is 0 Å². The highest BCUT2D eigenvalue weighted by Gasteiger charge is 2.12. The maximum absolute atomic E-state index is 11.9. The fourth-order valence-electron chi connectivity index (χ4n) is 1.76. The fourth-order valence-corrected chi connectivity index (χ4v) is 2.25. The third kappa shape index (κ3) is 3.85. The van der Waals surface area contributed by atoms with Gasteiger partial charge >= 0.3 is 0 Å². The summed E-state index contributed by atoms with van der Waals surface area (Å²) in [6.45, 7) is 0. The van der Waals surface area contributed by atoms with E-state index in [0.717, 1.165) is 22.7 Å². The van der Waals surface area contributed by atoms with E-state index in [9.17, 15) is 4.79 Å². The Kier molecular flexibility index (Phi) is 5.20. The van der Waals surface area contributed by atoms with Crippen LogP contribution in [0.4, 0.5) is 5.69 Å². The number of amides is 1. The highest BCUT2D eigenvalue weighted by atomic mass is 32.2. The molecule has 4 N–H and O–H groups in total. The van der Waals surface area contributed by atoms with Gasteiger partial charge in [-0.15, -0.1) is 0 Å². The van der Waals surface area contributed by atoms with Crippen LogP contribution in [0.5, 0.6) is 0 Å². The zero-order chi connectivity index (χ0) is 14.4. The summed E-state index contributed by atoms with van der Waals surface area (Å²) in [6, 6.07) is 9.00. The first kappa shape index (κ1) is 14.6. The van der Waals surface area contributed by atoms with E-state index in [-0.39, 0.29) is 5.91 Å². The van der Waals surface area contributed by atoms with Gasteiger partial charge in [0.15, 0.2) is 0 Å². The van der Waals surface area contributed by atoms with Crippen LogP contribution in [0.3, 0.4) is 0 Å². The van der Waals surface area contributed by atoms with Gasteiger partial charge < -0.3 is 11.1 Å². The Labute approximate surface area is 122 Å². The van der Waals surface area contributed by atoms with Gasteiger partial charge in [0.1, 0.15) is 0 Å². The minimum Gasteiger partial charge on any atom is -0.325 e. The lowest BCUT2D eigenvalue weighted by atomic mass is 10.1. The molecule has 0 saturated heterocycles. The number of aromatic amines is 1. The molecular formula is C14H18N4OS. The van der Waals surface area contributed by atoms with E-state index in [1.807, 2.05) is 36.6 Å². The third-order valence-corrected chi connectivity index (χ3v) is 3.58. The standard InChI is InChI=1S/C14H18N4OS/c1-20-9-7-12(15)14(19)17-11-4-2-10(3-5-11)13-6-8-16-18-13/h2-6,8,12H,7,9,15H2,1H3,(H,16,18)(H,17,19)/t12-/m0/s1. The molecule has 0 aliphatic carbocycles. The number of rotatable bonds is 6. The SMILES string of the molecule is CSCC[C@H](N)C(=O)Nc1ccc(-c2ccn[nH]2)cc1. The van der Waals surface area contributed by atoms with Crippen molar-refractivity contribution in [1.29, 1.82) is 0 Å². The second-order valence-electron chi connectivity index (χ2n) is 4.42. The van der Waals surface area contributed by atoms with Crippen molar-refractivity contribution in [3.8, 4) is 11.3 Å². The summed E-state index contributed by atoms with van der Waals surface area (Å²) in [4.78, 5) is 11.9. The molecule has 0 saturated carbocycles. The van der Waals surface area contributed by atoms with Gasteiger partial charge in [-0.1, -0.05) is 12.1 Å². The van der Waals surface area contributed by atoms with E-state index in [4.69, 9.17) is 5.73 Å². The van der Waals surface area contributed by atoms with Crippen molar-refractivity contribution in [3.05, 3.63) is 36.5 Å². The molecule has 0 aliphatic rings. The highest BCUT2D eigenvalue weighted by molar-refractivity contribution is 7.98. The minimum atomic E-state index is -0.463. The van der Waals surface area contributed by atoms with E-state index in [0.29, 0.717) is 6.42 Å². The molecule has 0 unspecified atom stereocenters. The van der Waals surface area contributed by atoms with Crippen LogP contribution in [0.15, 0.2) is 36.5 Å². The number of hydrogen-bond donors (Lipinski definition) is 3. The largest absolute Gasteiger partial charge is 0.325 e. The number of H-pyrrole nitrogens is 1. The van der Waals surface area contributed by atoms with Crippen molar-refractivity contribution >= 4 is 23.4 Å². The Balaban J connectivity index is 1.95. The average Bonchev–Trinajstić information content (AvgIpc) is 2.99. The topological polar surface area (TPSA) is 83.8 Å². The molecule has 2 aromatic rings. The molecule has 0 radical (unpaired) electrons. The molecule has 5 nitrogen and oxygen atoms in total. The molecule has 1 atom stereocenters. The molecule has 0 aliphatic heterocycles. The molecule has 0 spiro atoms. The van der Waals surface area contributed by atoms with Gasteiger partial charge in [0.25, 0.3) is 0 Å². The van der Waals surface area contributed by atoms with Crippen LogP contribution < -0.4 is 11.1 Å². The second kappa shape index (κ2) is 7.12. The van der Waals surface area contributed by atoms with E-state index in [1.165, 1.54) is 0 Å². The molecular weight excluding hydrogens is 272 g/mol. The van der Waals surface area contributed by atoms with E-state index in [2.05, 4.69) is 15.5 Å². The maximum Gasteiger partial charge on any atom is 0.241 e. The number of anilines is 1. The van der Waals surface area contributed by atoms with E-state index >= 15 is 0 Å². The molecule has 1 aromatic carbocycles. The number of nitrogens with two attached hydrogens (primary N) is 1. The van der Waals surface area contributed by atoms with Crippen LogP contribution in [0, 0.1) is 0 Å². The predicted molar refractivity (Wildman–Crippen MR) is 83.6 cm³/mol. The molecule has 2 rings (SSSR count). The second-order valence-corrected chi connectivity index (χ2v) is 5.41. The molecule has 1 aromatic heterocycles. The summed E-state index contributed by atoms with van der Waals surface area (Å²) in [6.07, 6.45) is 4.38. The Morgan fingerprint density at radius 2 is 2.15 bits per heavy atom.